The van der Waals surface area contributed by atoms with Crippen molar-refractivity contribution in [2.45, 2.75) is 43.8 Å². The molecule has 0 radical (unpaired) electrons. The van der Waals surface area contributed by atoms with Crippen LogP contribution in [0, 0.1) is 6.92 Å². The van der Waals surface area contributed by atoms with Gasteiger partial charge in [-0.05, 0) is 49.9 Å². The minimum atomic E-state index is 0.698. The quantitative estimate of drug-likeness (QED) is 0.342. The van der Waals surface area contributed by atoms with Crippen LogP contribution in [0.3, 0.4) is 0 Å². The van der Waals surface area contributed by atoms with E-state index >= 15 is 0 Å². The number of hydrogen-bond acceptors (Lipinski definition) is 7. The zero-order valence-corrected chi connectivity index (χ0v) is 19.2. The van der Waals surface area contributed by atoms with Gasteiger partial charge in [0, 0.05) is 5.75 Å². The SMILES string of the molecule is Cc1oc(-c2cccs2)nc1CSc1nnc(CN2CCCC2)n1Cc1ccccc1. The van der Waals surface area contributed by atoms with E-state index in [0.717, 1.165) is 53.5 Å². The molecular weight excluding hydrogens is 426 g/mol. The maximum atomic E-state index is 5.90. The van der Waals surface area contributed by atoms with Crippen LogP contribution in [0.15, 0.2) is 57.4 Å². The summed E-state index contributed by atoms with van der Waals surface area (Å²) in [5, 5.41) is 12.1. The minimum Gasteiger partial charge on any atom is -0.440 e. The number of benzene rings is 1. The van der Waals surface area contributed by atoms with Crippen molar-refractivity contribution in [3.05, 3.63) is 70.7 Å². The highest BCUT2D eigenvalue weighted by Crippen LogP contribution is 2.30. The van der Waals surface area contributed by atoms with Gasteiger partial charge in [-0.25, -0.2) is 4.98 Å². The molecule has 0 bridgehead atoms. The molecule has 0 amide bonds. The van der Waals surface area contributed by atoms with Gasteiger partial charge in [-0.2, -0.15) is 0 Å². The molecule has 0 saturated carbocycles. The molecule has 0 N–H and O–H groups in total. The highest BCUT2D eigenvalue weighted by Gasteiger charge is 2.20. The fraction of sp³-hybridized carbons (Fsp3) is 0.348. The standard InChI is InChI=1S/C23H25N5OS2/c1-17-19(24-22(29-17)20-10-7-13-30-20)16-31-23-26-25-21(15-27-11-5-6-12-27)28(23)14-18-8-3-2-4-9-18/h2-4,7-10,13H,5-6,11-12,14-16H2,1H3. The summed E-state index contributed by atoms with van der Waals surface area (Å²) < 4.78 is 8.16. The average molecular weight is 452 g/mol. The fourth-order valence-corrected chi connectivity index (χ4v) is 5.42. The van der Waals surface area contributed by atoms with E-state index < -0.39 is 0 Å². The maximum Gasteiger partial charge on any atom is 0.236 e. The molecule has 8 heteroatoms. The van der Waals surface area contributed by atoms with Crippen LogP contribution in [0.1, 0.15) is 35.7 Å². The van der Waals surface area contributed by atoms with Gasteiger partial charge in [-0.1, -0.05) is 48.2 Å². The summed E-state index contributed by atoms with van der Waals surface area (Å²) in [6.45, 7) is 5.89. The van der Waals surface area contributed by atoms with Crippen molar-refractivity contribution in [2.24, 2.45) is 0 Å². The predicted octanol–water partition coefficient (Wildman–Crippen LogP) is 5.24. The second kappa shape index (κ2) is 9.38. The molecule has 0 unspecified atom stereocenters. The van der Waals surface area contributed by atoms with Gasteiger partial charge in [-0.15, -0.1) is 21.5 Å². The molecular formula is C23H25N5OS2. The Morgan fingerprint density at radius 3 is 2.65 bits per heavy atom. The lowest BCUT2D eigenvalue weighted by Crippen LogP contribution is -2.21. The monoisotopic (exact) mass is 451 g/mol. The lowest BCUT2D eigenvalue weighted by atomic mass is 10.2. The third kappa shape index (κ3) is 4.76. The molecule has 6 nitrogen and oxygen atoms in total. The van der Waals surface area contributed by atoms with Crippen LogP contribution in [-0.4, -0.2) is 37.7 Å². The number of hydrogen-bond donors (Lipinski definition) is 0. The molecule has 31 heavy (non-hydrogen) atoms. The Morgan fingerprint density at radius 2 is 1.87 bits per heavy atom. The molecule has 4 heterocycles. The zero-order valence-electron chi connectivity index (χ0n) is 17.5. The minimum absolute atomic E-state index is 0.698. The van der Waals surface area contributed by atoms with Gasteiger partial charge in [0.15, 0.2) is 5.16 Å². The molecule has 5 rings (SSSR count). The van der Waals surface area contributed by atoms with Crippen molar-refractivity contribution in [3.63, 3.8) is 0 Å². The fourth-order valence-electron chi connectivity index (χ4n) is 3.81. The number of thioether (sulfide) groups is 1. The van der Waals surface area contributed by atoms with Crippen molar-refractivity contribution in [1.29, 1.82) is 0 Å². The van der Waals surface area contributed by atoms with Gasteiger partial charge in [0.05, 0.1) is 23.7 Å². The Kier molecular flexibility index (Phi) is 6.20. The van der Waals surface area contributed by atoms with Crippen molar-refractivity contribution in [3.8, 4) is 10.8 Å². The molecule has 0 aliphatic carbocycles. The first kappa shape index (κ1) is 20.5. The van der Waals surface area contributed by atoms with Gasteiger partial charge in [-0.3, -0.25) is 4.90 Å². The van der Waals surface area contributed by atoms with Crippen LogP contribution in [-0.2, 0) is 18.8 Å². The third-order valence-corrected chi connectivity index (χ3v) is 7.34. The Bertz CT molecular complexity index is 1110. The Balaban J connectivity index is 1.36. The summed E-state index contributed by atoms with van der Waals surface area (Å²) in [7, 11) is 0. The van der Waals surface area contributed by atoms with Crippen LogP contribution < -0.4 is 0 Å². The Morgan fingerprint density at radius 1 is 1.03 bits per heavy atom. The number of oxazole rings is 1. The summed E-state index contributed by atoms with van der Waals surface area (Å²) in [5.74, 6) is 3.30. The highest BCUT2D eigenvalue weighted by molar-refractivity contribution is 7.98. The molecule has 1 fully saturated rings. The van der Waals surface area contributed by atoms with Crippen LogP contribution in [0.25, 0.3) is 10.8 Å². The number of likely N-dealkylation sites (tertiary alicyclic amines) is 1. The lowest BCUT2D eigenvalue weighted by molar-refractivity contribution is 0.316. The van der Waals surface area contributed by atoms with E-state index in [-0.39, 0.29) is 0 Å². The van der Waals surface area contributed by atoms with Gasteiger partial charge in [0.1, 0.15) is 11.6 Å². The van der Waals surface area contributed by atoms with E-state index in [9.17, 15) is 0 Å². The summed E-state index contributed by atoms with van der Waals surface area (Å²) in [5.41, 5.74) is 2.22. The summed E-state index contributed by atoms with van der Waals surface area (Å²) in [6, 6.07) is 14.6. The lowest BCUT2D eigenvalue weighted by Gasteiger charge is -2.16. The van der Waals surface area contributed by atoms with Gasteiger partial charge in [0.2, 0.25) is 5.89 Å². The number of aryl methyl sites for hydroxylation is 1. The Labute approximate surface area is 190 Å². The smallest absolute Gasteiger partial charge is 0.236 e. The number of thiophene rings is 1. The molecule has 4 aromatic rings. The summed E-state index contributed by atoms with van der Waals surface area (Å²) in [4.78, 5) is 8.25. The maximum absolute atomic E-state index is 5.90. The molecule has 0 spiro atoms. The van der Waals surface area contributed by atoms with Crippen LogP contribution in [0.5, 0.6) is 0 Å². The predicted molar refractivity (Wildman–Crippen MR) is 124 cm³/mol. The highest BCUT2D eigenvalue weighted by atomic mass is 32.2. The van der Waals surface area contributed by atoms with E-state index in [2.05, 4.69) is 50.0 Å². The molecule has 3 aromatic heterocycles. The van der Waals surface area contributed by atoms with E-state index in [1.165, 1.54) is 18.4 Å². The van der Waals surface area contributed by atoms with Crippen molar-refractivity contribution in [1.82, 2.24) is 24.6 Å². The van der Waals surface area contributed by atoms with Crippen molar-refractivity contribution < 1.29 is 4.42 Å². The molecule has 1 aliphatic heterocycles. The van der Waals surface area contributed by atoms with Crippen LogP contribution >= 0.6 is 23.1 Å². The molecule has 0 atom stereocenters. The summed E-state index contributed by atoms with van der Waals surface area (Å²) in [6.07, 6.45) is 2.54. The van der Waals surface area contributed by atoms with E-state index in [1.807, 2.05) is 24.4 Å². The second-order valence-corrected chi connectivity index (χ2v) is 9.63. The largest absolute Gasteiger partial charge is 0.440 e. The first-order valence-electron chi connectivity index (χ1n) is 10.6. The van der Waals surface area contributed by atoms with Gasteiger partial charge < -0.3 is 8.98 Å². The third-order valence-electron chi connectivity index (χ3n) is 5.50. The summed E-state index contributed by atoms with van der Waals surface area (Å²) >= 11 is 3.31. The Hall–Kier alpha value is -2.42. The van der Waals surface area contributed by atoms with Crippen molar-refractivity contribution >= 4 is 23.1 Å². The van der Waals surface area contributed by atoms with E-state index in [1.54, 1.807) is 23.1 Å². The average Bonchev–Trinajstić information content (AvgIpc) is 3.58. The molecule has 160 valence electrons. The topological polar surface area (TPSA) is 60.0 Å². The molecule has 1 aromatic carbocycles. The number of rotatable bonds is 8. The number of aromatic nitrogens is 4. The van der Waals surface area contributed by atoms with Crippen LogP contribution in [0.4, 0.5) is 0 Å². The van der Waals surface area contributed by atoms with E-state index in [0.29, 0.717) is 11.6 Å². The van der Waals surface area contributed by atoms with Crippen molar-refractivity contribution in [2.75, 3.05) is 13.1 Å². The first-order chi connectivity index (χ1) is 15.3. The van der Waals surface area contributed by atoms with Crippen LogP contribution in [0.2, 0.25) is 0 Å². The molecule has 1 saturated heterocycles. The van der Waals surface area contributed by atoms with E-state index in [4.69, 9.17) is 9.40 Å². The zero-order chi connectivity index (χ0) is 21.0. The normalized spacial score (nSPS) is 14.5. The first-order valence-corrected chi connectivity index (χ1v) is 12.4. The van der Waals surface area contributed by atoms with Gasteiger partial charge >= 0.3 is 0 Å². The second-order valence-electron chi connectivity index (χ2n) is 7.74. The number of nitrogens with zero attached hydrogens (tertiary/aromatic N) is 5. The van der Waals surface area contributed by atoms with Gasteiger partial charge in [0.25, 0.3) is 0 Å². The molecule has 1 aliphatic rings.